The smallest absolute Gasteiger partial charge is 0.265 e. The zero-order chi connectivity index (χ0) is 19.0. The second-order valence-electron chi connectivity index (χ2n) is 6.11. The van der Waals surface area contributed by atoms with Crippen LogP contribution in [0.25, 0.3) is 22.9 Å². The van der Waals surface area contributed by atoms with Gasteiger partial charge in [-0.05, 0) is 48.9 Å². The zero-order valence-corrected chi connectivity index (χ0v) is 14.9. The Kier molecular flexibility index (Phi) is 3.98. The van der Waals surface area contributed by atoms with E-state index in [0.717, 1.165) is 11.4 Å². The van der Waals surface area contributed by atoms with E-state index in [1.54, 1.807) is 20.2 Å². The molecule has 0 fully saturated rings. The Labute approximate surface area is 154 Å². The number of hydrogen-bond acceptors (Lipinski definition) is 5. The van der Waals surface area contributed by atoms with E-state index in [2.05, 4.69) is 16.4 Å². The molecule has 1 N–H and O–H groups in total. The monoisotopic (exact) mass is 356 g/mol. The van der Waals surface area contributed by atoms with Crippen LogP contribution in [0.15, 0.2) is 53.3 Å². The number of fused-ring (bicyclic) bond motifs is 3. The van der Waals surface area contributed by atoms with Crippen LogP contribution in [0.3, 0.4) is 0 Å². The van der Waals surface area contributed by atoms with Crippen LogP contribution in [-0.4, -0.2) is 16.5 Å². The number of imidazole rings is 1. The molecule has 6 heteroatoms. The highest BCUT2D eigenvalue weighted by molar-refractivity contribution is 5.82. The highest BCUT2D eigenvalue weighted by Crippen LogP contribution is 2.18. The van der Waals surface area contributed by atoms with Gasteiger partial charge in [-0.3, -0.25) is 9.20 Å². The fourth-order valence-electron chi connectivity index (χ4n) is 3.13. The molecule has 0 spiro atoms. The molecule has 0 radical (unpaired) electrons. The number of rotatable bonds is 3. The average Bonchev–Trinajstić information content (AvgIpc) is 3.08. The fraction of sp³-hybridized carbons (Fsp3) is 0.0952. The molecule has 0 saturated heterocycles. The van der Waals surface area contributed by atoms with Gasteiger partial charge in [-0.25, -0.2) is 4.98 Å². The summed E-state index contributed by atoms with van der Waals surface area (Å²) >= 11 is 0. The summed E-state index contributed by atoms with van der Waals surface area (Å²) in [5.41, 5.74) is 3.36. The minimum atomic E-state index is -0.212. The van der Waals surface area contributed by atoms with Crippen molar-refractivity contribution in [2.75, 3.05) is 12.4 Å². The molecule has 4 aromatic rings. The first kappa shape index (κ1) is 16.6. The van der Waals surface area contributed by atoms with Crippen LogP contribution in [-0.2, 0) is 0 Å². The Morgan fingerprint density at radius 1 is 1.19 bits per heavy atom. The van der Waals surface area contributed by atoms with E-state index in [0.29, 0.717) is 33.0 Å². The number of pyridine rings is 1. The summed E-state index contributed by atoms with van der Waals surface area (Å²) in [5.74, 6) is 0.749. The van der Waals surface area contributed by atoms with Crippen molar-refractivity contribution in [1.82, 2.24) is 9.38 Å². The zero-order valence-electron chi connectivity index (χ0n) is 14.9. The van der Waals surface area contributed by atoms with Gasteiger partial charge in [0, 0.05) is 11.9 Å². The van der Waals surface area contributed by atoms with Crippen molar-refractivity contribution in [3.05, 3.63) is 75.2 Å². The van der Waals surface area contributed by atoms with Crippen molar-refractivity contribution in [3.8, 4) is 11.8 Å². The first-order chi connectivity index (χ1) is 13.1. The number of hydrogen-bond donors (Lipinski definition) is 1. The maximum Gasteiger partial charge on any atom is 0.265 e. The summed E-state index contributed by atoms with van der Waals surface area (Å²) in [4.78, 5) is 17.6. The van der Waals surface area contributed by atoms with E-state index >= 15 is 0 Å². The predicted octanol–water partition coefficient (Wildman–Crippen LogP) is 2.61. The third-order valence-electron chi connectivity index (χ3n) is 4.58. The number of methoxy groups -OCH3 is 1. The number of para-hydroxylation sites is 2. The molecule has 0 atom stereocenters. The number of benzene rings is 2. The molecule has 0 saturated carbocycles. The Hall–Kier alpha value is -3.85. The summed E-state index contributed by atoms with van der Waals surface area (Å²) in [6.07, 6.45) is 1.63. The number of aromatic nitrogens is 2. The van der Waals surface area contributed by atoms with Gasteiger partial charge < -0.3 is 10.1 Å². The van der Waals surface area contributed by atoms with E-state index in [1.165, 1.54) is 4.40 Å². The van der Waals surface area contributed by atoms with Crippen molar-refractivity contribution in [3.63, 3.8) is 0 Å². The fourth-order valence-corrected chi connectivity index (χ4v) is 3.13. The largest absolute Gasteiger partial charge is 0.497 e. The molecular formula is C21H16N4O2. The highest BCUT2D eigenvalue weighted by Gasteiger charge is 2.15. The minimum absolute atomic E-state index is 0.212. The minimum Gasteiger partial charge on any atom is -0.497 e. The molecule has 27 heavy (non-hydrogen) atoms. The van der Waals surface area contributed by atoms with Gasteiger partial charge >= 0.3 is 0 Å². The summed E-state index contributed by atoms with van der Waals surface area (Å²) in [5, 5.41) is 13.2. The van der Waals surface area contributed by atoms with E-state index in [1.807, 2.05) is 48.5 Å². The third kappa shape index (κ3) is 2.66. The first-order valence-corrected chi connectivity index (χ1v) is 8.38. The van der Waals surface area contributed by atoms with E-state index in [-0.39, 0.29) is 5.56 Å². The predicted molar refractivity (Wildman–Crippen MR) is 105 cm³/mol. The van der Waals surface area contributed by atoms with Crippen molar-refractivity contribution >= 4 is 28.6 Å². The van der Waals surface area contributed by atoms with Crippen molar-refractivity contribution in [2.45, 2.75) is 6.92 Å². The van der Waals surface area contributed by atoms with Crippen LogP contribution in [0.5, 0.6) is 5.75 Å². The summed E-state index contributed by atoms with van der Waals surface area (Å²) < 4.78 is 6.65. The highest BCUT2D eigenvalue weighted by atomic mass is 16.5. The number of nitrogens with zero attached hydrogens (tertiary/aromatic N) is 3. The Morgan fingerprint density at radius 3 is 2.63 bits per heavy atom. The van der Waals surface area contributed by atoms with Gasteiger partial charge in [-0.15, -0.1) is 0 Å². The third-order valence-corrected chi connectivity index (χ3v) is 4.58. The van der Waals surface area contributed by atoms with Crippen molar-refractivity contribution < 1.29 is 4.74 Å². The van der Waals surface area contributed by atoms with Crippen LogP contribution in [0, 0.1) is 18.3 Å². The Morgan fingerprint density at radius 2 is 1.93 bits per heavy atom. The molecule has 6 nitrogen and oxygen atoms in total. The van der Waals surface area contributed by atoms with Gasteiger partial charge in [0.15, 0.2) is 5.65 Å². The van der Waals surface area contributed by atoms with E-state index < -0.39 is 0 Å². The number of ether oxygens (including phenoxy) is 1. The van der Waals surface area contributed by atoms with Crippen LogP contribution in [0.4, 0.5) is 5.69 Å². The van der Waals surface area contributed by atoms with Gasteiger partial charge in [0.1, 0.15) is 11.8 Å². The molecule has 0 unspecified atom stereocenters. The topological polar surface area (TPSA) is 79.4 Å². The summed E-state index contributed by atoms with van der Waals surface area (Å²) in [6, 6.07) is 16.9. The Balaban J connectivity index is 1.95. The molecule has 0 aliphatic heterocycles. The number of nitrogens with one attached hydrogen (secondary N) is 1. The van der Waals surface area contributed by atoms with Gasteiger partial charge in [0.25, 0.3) is 5.56 Å². The molecule has 0 aliphatic rings. The maximum atomic E-state index is 13.1. The lowest BCUT2D eigenvalue weighted by molar-refractivity contribution is 0.415. The SMILES string of the molecule is COc1ccc(N/C=c2/c(C)c(C#N)c3nc4ccccc4n3c2=O)cc1. The number of nitriles is 1. The van der Waals surface area contributed by atoms with Gasteiger partial charge in [-0.1, -0.05) is 12.1 Å². The van der Waals surface area contributed by atoms with Gasteiger partial charge in [0.2, 0.25) is 0 Å². The summed E-state index contributed by atoms with van der Waals surface area (Å²) in [6.45, 7) is 1.76. The van der Waals surface area contributed by atoms with E-state index in [9.17, 15) is 10.1 Å². The average molecular weight is 356 g/mol. The lowest BCUT2D eigenvalue weighted by atomic mass is 10.1. The standard InChI is InChI=1S/C21H16N4O2/c1-13-16(11-22)20-24-18-5-3-4-6-19(18)25(20)21(26)17(13)12-23-14-7-9-15(27-2)10-8-14/h3-10,12,23H,1-2H3/b17-12-. The molecule has 0 amide bonds. The van der Waals surface area contributed by atoms with Crippen LogP contribution in [0.1, 0.15) is 11.1 Å². The van der Waals surface area contributed by atoms with Crippen molar-refractivity contribution in [2.24, 2.45) is 0 Å². The van der Waals surface area contributed by atoms with Crippen LogP contribution >= 0.6 is 0 Å². The molecular weight excluding hydrogens is 340 g/mol. The quantitative estimate of drug-likeness (QED) is 0.610. The number of anilines is 1. The van der Waals surface area contributed by atoms with Crippen LogP contribution in [0.2, 0.25) is 0 Å². The lowest BCUT2D eigenvalue weighted by Crippen LogP contribution is -2.34. The molecule has 2 aromatic heterocycles. The van der Waals surface area contributed by atoms with Gasteiger partial charge in [-0.2, -0.15) is 5.26 Å². The second-order valence-corrected chi connectivity index (χ2v) is 6.11. The lowest BCUT2D eigenvalue weighted by Gasteiger charge is -2.05. The van der Waals surface area contributed by atoms with Gasteiger partial charge in [0.05, 0.1) is 28.9 Å². The van der Waals surface area contributed by atoms with Crippen molar-refractivity contribution in [1.29, 1.82) is 5.26 Å². The molecule has 0 bridgehead atoms. The molecule has 0 aliphatic carbocycles. The summed E-state index contributed by atoms with van der Waals surface area (Å²) in [7, 11) is 1.61. The molecule has 2 heterocycles. The molecule has 2 aromatic carbocycles. The van der Waals surface area contributed by atoms with E-state index in [4.69, 9.17) is 4.74 Å². The molecule has 132 valence electrons. The Bertz CT molecular complexity index is 1320. The van der Waals surface area contributed by atoms with Crippen LogP contribution < -0.4 is 20.8 Å². The maximum absolute atomic E-state index is 13.1. The first-order valence-electron chi connectivity index (χ1n) is 8.38. The normalized spacial score (nSPS) is 11.7. The second kappa shape index (κ2) is 6.46. The molecule has 4 rings (SSSR count).